The molecular weight excluding hydrogens is 346 g/mol. The van der Waals surface area contributed by atoms with Crippen molar-refractivity contribution in [3.8, 4) is 11.5 Å². The third-order valence-corrected chi connectivity index (χ3v) is 3.35. The van der Waals surface area contributed by atoms with E-state index < -0.39 is 15.8 Å². The highest BCUT2D eigenvalue weighted by Crippen LogP contribution is 2.31. The molecule has 0 aliphatic carbocycles. The third-order valence-electron chi connectivity index (χ3n) is 3.35. The molecule has 1 amide bonds. The van der Waals surface area contributed by atoms with E-state index >= 15 is 0 Å². The van der Waals surface area contributed by atoms with Crippen molar-refractivity contribution in [1.29, 1.82) is 0 Å². The number of methoxy groups -OCH3 is 1. The maximum atomic E-state index is 12.3. The summed E-state index contributed by atoms with van der Waals surface area (Å²) in [6, 6.07) is 7.68. The minimum atomic E-state index is -0.657. The van der Waals surface area contributed by atoms with Crippen molar-refractivity contribution in [2.75, 3.05) is 19.0 Å². The molecule has 26 heavy (non-hydrogen) atoms. The van der Waals surface area contributed by atoms with E-state index in [1.807, 2.05) is 0 Å². The molecule has 2 rings (SSSR count). The highest BCUT2D eigenvalue weighted by Gasteiger charge is 2.20. The maximum Gasteiger partial charge on any atom is 0.312 e. The Morgan fingerprint density at radius 2 is 1.65 bits per heavy atom. The molecule has 0 aliphatic rings. The molecule has 0 heterocycles. The van der Waals surface area contributed by atoms with Gasteiger partial charge in [0.15, 0.2) is 11.5 Å². The fraction of sp³-hybridized carbons (Fsp3) is 0.188. The van der Waals surface area contributed by atoms with Gasteiger partial charge in [0.2, 0.25) is 0 Å². The maximum absolute atomic E-state index is 12.3. The first kappa shape index (κ1) is 18.6. The number of ether oxygens (including phenoxy) is 2. The normalized spacial score (nSPS) is 10.1. The van der Waals surface area contributed by atoms with Gasteiger partial charge in [0.1, 0.15) is 0 Å². The summed E-state index contributed by atoms with van der Waals surface area (Å²) in [6.45, 7) is 1.92. The summed E-state index contributed by atoms with van der Waals surface area (Å²) in [5.74, 6) is -0.561. The molecule has 0 aromatic heterocycles. The zero-order valence-corrected chi connectivity index (χ0v) is 13.9. The van der Waals surface area contributed by atoms with E-state index in [9.17, 15) is 25.0 Å². The van der Waals surface area contributed by atoms with Crippen LogP contribution < -0.4 is 14.8 Å². The Balaban J connectivity index is 2.30. The Labute approximate surface area is 147 Å². The summed E-state index contributed by atoms with van der Waals surface area (Å²) in [5.41, 5.74) is -0.499. The summed E-state index contributed by atoms with van der Waals surface area (Å²) in [7, 11) is 1.29. The first-order valence-corrected chi connectivity index (χ1v) is 7.42. The SMILES string of the molecule is CCOc1ccc(C(=O)Nc2ccc(OC)c([N+](=O)[O-])c2)cc1[N+](=O)[O-]. The number of nitrogens with one attached hydrogen (secondary N) is 1. The van der Waals surface area contributed by atoms with E-state index in [2.05, 4.69) is 5.32 Å². The number of carbonyl (C=O) groups excluding carboxylic acids is 1. The fourth-order valence-corrected chi connectivity index (χ4v) is 2.19. The Morgan fingerprint density at radius 1 is 1.04 bits per heavy atom. The molecule has 2 aromatic rings. The van der Waals surface area contributed by atoms with E-state index in [0.717, 1.165) is 12.1 Å². The highest BCUT2D eigenvalue weighted by atomic mass is 16.6. The first-order valence-electron chi connectivity index (χ1n) is 7.42. The molecule has 0 radical (unpaired) electrons. The quantitative estimate of drug-likeness (QED) is 0.591. The topological polar surface area (TPSA) is 134 Å². The van der Waals surface area contributed by atoms with Crippen LogP contribution in [-0.4, -0.2) is 29.5 Å². The van der Waals surface area contributed by atoms with Crippen LogP contribution in [0.2, 0.25) is 0 Å². The average molecular weight is 361 g/mol. The van der Waals surface area contributed by atoms with Crippen LogP contribution in [0.15, 0.2) is 36.4 Å². The van der Waals surface area contributed by atoms with Crippen LogP contribution in [-0.2, 0) is 0 Å². The van der Waals surface area contributed by atoms with Crippen LogP contribution in [0.4, 0.5) is 17.1 Å². The number of hydrogen-bond donors (Lipinski definition) is 1. The third kappa shape index (κ3) is 4.04. The summed E-state index contributed by atoms with van der Waals surface area (Å²) in [4.78, 5) is 33.2. The van der Waals surface area contributed by atoms with Gasteiger partial charge in [-0.25, -0.2) is 0 Å². The molecule has 0 spiro atoms. The van der Waals surface area contributed by atoms with Gasteiger partial charge in [0, 0.05) is 23.4 Å². The lowest BCUT2D eigenvalue weighted by Gasteiger charge is -2.09. The van der Waals surface area contributed by atoms with Crippen molar-refractivity contribution in [1.82, 2.24) is 0 Å². The molecule has 1 N–H and O–H groups in total. The molecular formula is C16H15N3O7. The van der Waals surface area contributed by atoms with Gasteiger partial charge in [-0.1, -0.05) is 0 Å². The predicted molar refractivity (Wildman–Crippen MR) is 91.9 cm³/mol. The van der Waals surface area contributed by atoms with Crippen LogP contribution in [0.25, 0.3) is 0 Å². The Hall–Kier alpha value is -3.69. The number of carbonyl (C=O) groups is 1. The highest BCUT2D eigenvalue weighted by molar-refractivity contribution is 6.05. The van der Waals surface area contributed by atoms with Crippen molar-refractivity contribution in [3.63, 3.8) is 0 Å². The second-order valence-electron chi connectivity index (χ2n) is 4.97. The number of nitro groups is 2. The van der Waals surface area contributed by atoms with Gasteiger partial charge in [0.25, 0.3) is 5.91 Å². The van der Waals surface area contributed by atoms with Crippen LogP contribution >= 0.6 is 0 Å². The van der Waals surface area contributed by atoms with E-state index in [0.29, 0.717) is 0 Å². The summed E-state index contributed by atoms with van der Waals surface area (Å²) in [5, 5.41) is 24.6. The molecule has 10 heteroatoms. The van der Waals surface area contributed by atoms with Gasteiger partial charge in [-0.3, -0.25) is 25.0 Å². The lowest BCUT2D eigenvalue weighted by atomic mass is 10.1. The molecule has 0 unspecified atom stereocenters. The van der Waals surface area contributed by atoms with Crippen LogP contribution in [0.5, 0.6) is 11.5 Å². The smallest absolute Gasteiger partial charge is 0.312 e. The van der Waals surface area contributed by atoms with Gasteiger partial charge >= 0.3 is 11.4 Å². The second kappa shape index (κ2) is 7.92. The zero-order chi connectivity index (χ0) is 19.3. The second-order valence-corrected chi connectivity index (χ2v) is 4.97. The summed E-state index contributed by atoms with van der Waals surface area (Å²) in [6.07, 6.45) is 0. The van der Waals surface area contributed by atoms with E-state index in [-0.39, 0.29) is 40.7 Å². The molecule has 136 valence electrons. The Kier molecular flexibility index (Phi) is 5.68. The van der Waals surface area contributed by atoms with Crippen molar-refractivity contribution in [2.24, 2.45) is 0 Å². The first-order chi connectivity index (χ1) is 12.4. The standard InChI is InChI=1S/C16H15N3O7/c1-3-26-15-6-4-10(8-12(15)18(21)22)16(20)17-11-5-7-14(25-2)13(9-11)19(23)24/h4-9H,3H2,1-2H3,(H,17,20). The molecule has 0 fully saturated rings. The number of amides is 1. The van der Waals surface area contributed by atoms with Crippen LogP contribution in [0.1, 0.15) is 17.3 Å². The lowest BCUT2D eigenvalue weighted by Crippen LogP contribution is -2.12. The van der Waals surface area contributed by atoms with Crippen molar-refractivity contribution in [2.45, 2.75) is 6.92 Å². The van der Waals surface area contributed by atoms with Gasteiger partial charge in [-0.05, 0) is 31.2 Å². The number of anilines is 1. The molecule has 0 atom stereocenters. The predicted octanol–water partition coefficient (Wildman–Crippen LogP) is 3.16. The Morgan fingerprint density at radius 3 is 2.23 bits per heavy atom. The monoisotopic (exact) mass is 361 g/mol. The zero-order valence-electron chi connectivity index (χ0n) is 13.9. The number of nitro benzene ring substituents is 2. The van der Waals surface area contributed by atoms with E-state index in [1.165, 1.54) is 31.4 Å². The van der Waals surface area contributed by atoms with Crippen LogP contribution in [0.3, 0.4) is 0 Å². The van der Waals surface area contributed by atoms with E-state index in [4.69, 9.17) is 9.47 Å². The van der Waals surface area contributed by atoms with Crippen molar-refractivity contribution >= 4 is 23.0 Å². The average Bonchev–Trinajstić information content (AvgIpc) is 2.61. The van der Waals surface area contributed by atoms with Gasteiger partial charge in [0.05, 0.1) is 23.6 Å². The van der Waals surface area contributed by atoms with Gasteiger partial charge in [-0.2, -0.15) is 0 Å². The van der Waals surface area contributed by atoms with Crippen LogP contribution in [0, 0.1) is 20.2 Å². The van der Waals surface area contributed by atoms with E-state index in [1.54, 1.807) is 6.92 Å². The number of hydrogen-bond acceptors (Lipinski definition) is 7. The minimum absolute atomic E-state index is 0.0126. The molecule has 0 bridgehead atoms. The molecule has 0 saturated heterocycles. The molecule has 0 saturated carbocycles. The van der Waals surface area contributed by atoms with Crippen molar-refractivity contribution < 1.29 is 24.1 Å². The van der Waals surface area contributed by atoms with Gasteiger partial charge in [-0.15, -0.1) is 0 Å². The number of nitrogens with zero attached hydrogens (tertiary/aromatic N) is 2. The lowest BCUT2D eigenvalue weighted by molar-refractivity contribution is -0.386. The van der Waals surface area contributed by atoms with Crippen molar-refractivity contribution in [3.05, 3.63) is 62.2 Å². The molecule has 2 aromatic carbocycles. The molecule has 0 aliphatic heterocycles. The molecule has 10 nitrogen and oxygen atoms in total. The summed E-state index contributed by atoms with van der Waals surface area (Å²) < 4.78 is 10.0. The fourth-order valence-electron chi connectivity index (χ4n) is 2.19. The van der Waals surface area contributed by atoms with Gasteiger partial charge < -0.3 is 14.8 Å². The minimum Gasteiger partial charge on any atom is -0.490 e. The summed E-state index contributed by atoms with van der Waals surface area (Å²) >= 11 is 0. The number of rotatable bonds is 7. The Bertz CT molecular complexity index is 867. The largest absolute Gasteiger partial charge is 0.490 e. The number of benzene rings is 2.